The van der Waals surface area contributed by atoms with Gasteiger partial charge in [-0.15, -0.1) is 0 Å². The van der Waals surface area contributed by atoms with Gasteiger partial charge >= 0.3 is 0 Å². The summed E-state index contributed by atoms with van der Waals surface area (Å²) in [5, 5.41) is 5.53. The first-order chi connectivity index (χ1) is 13.2. The number of carbonyl (C=O) groups excluding carboxylic acids is 2. The number of carbonyl (C=O) groups is 2. The van der Waals surface area contributed by atoms with Crippen molar-refractivity contribution >= 4 is 34.2 Å². The normalized spacial score (nSPS) is 10.5. The Balaban J connectivity index is 1.50. The highest BCUT2D eigenvalue weighted by molar-refractivity contribution is 6.06. The van der Waals surface area contributed by atoms with Crippen LogP contribution in [0.1, 0.15) is 20.9 Å². The summed E-state index contributed by atoms with van der Waals surface area (Å²) >= 11 is 0. The zero-order valence-corrected chi connectivity index (χ0v) is 14.0. The average Bonchev–Trinajstić information content (AvgIpc) is 3.23. The smallest absolute Gasteiger partial charge is 0.291 e. The molecule has 0 fully saturated rings. The number of nitrogens with zero attached hydrogens (tertiary/aromatic N) is 2. The second kappa shape index (κ2) is 7.09. The summed E-state index contributed by atoms with van der Waals surface area (Å²) in [7, 11) is 0. The highest BCUT2D eigenvalue weighted by atomic mass is 16.3. The molecule has 7 heteroatoms. The van der Waals surface area contributed by atoms with E-state index in [-0.39, 0.29) is 17.6 Å². The van der Waals surface area contributed by atoms with Gasteiger partial charge in [-0.1, -0.05) is 6.07 Å². The minimum Gasteiger partial charge on any atom is -0.459 e. The van der Waals surface area contributed by atoms with Crippen LogP contribution < -0.4 is 10.6 Å². The van der Waals surface area contributed by atoms with Crippen LogP contribution in [0.5, 0.6) is 0 Å². The van der Waals surface area contributed by atoms with Gasteiger partial charge < -0.3 is 15.1 Å². The van der Waals surface area contributed by atoms with Gasteiger partial charge in [0.2, 0.25) is 0 Å². The molecule has 4 rings (SSSR count). The molecular formula is C20H14N4O3. The van der Waals surface area contributed by atoms with Gasteiger partial charge in [0.1, 0.15) is 0 Å². The predicted molar refractivity (Wildman–Crippen MR) is 101 cm³/mol. The summed E-state index contributed by atoms with van der Waals surface area (Å²) < 4.78 is 5.06. The quantitative estimate of drug-likeness (QED) is 0.579. The Morgan fingerprint density at radius 1 is 0.778 bits per heavy atom. The first kappa shape index (κ1) is 16.5. The van der Waals surface area contributed by atoms with Crippen LogP contribution in [0.25, 0.3) is 11.0 Å². The van der Waals surface area contributed by atoms with E-state index in [0.29, 0.717) is 22.5 Å². The minimum absolute atomic E-state index is 0.210. The summed E-state index contributed by atoms with van der Waals surface area (Å²) in [5.74, 6) is -0.435. The third-order valence-electron chi connectivity index (χ3n) is 3.85. The van der Waals surface area contributed by atoms with E-state index in [9.17, 15) is 9.59 Å². The van der Waals surface area contributed by atoms with Crippen molar-refractivity contribution in [3.05, 3.63) is 84.6 Å². The van der Waals surface area contributed by atoms with Crippen molar-refractivity contribution in [2.75, 3.05) is 10.6 Å². The van der Waals surface area contributed by atoms with Crippen LogP contribution in [0.3, 0.4) is 0 Å². The Hall–Kier alpha value is -4.00. The van der Waals surface area contributed by atoms with Crippen LogP contribution in [0, 0.1) is 0 Å². The molecule has 4 aromatic rings. The van der Waals surface area contributed by atoms with Gasteiger partial charge in [-0.25, -0.2) is 0 Å². The zero-order chi connectivity index (χ0) is 18.6. The Bertz CT molecular complexity index is 1120. The Labute approximate surface area is 154 Å². The molecule has 0 atom stereocenters. The molecule has 2 N–H and O–H groups in total. The van der Waals surface area contributed by atoms with Crippen LogP contribution >= 0.6 is 0 Å². The standard InChI is InChI=1S/C20H14N4O3/c25-19(13-6-7-16-17(11-13)22-9-8-21-16)23-14-3-1-4-15(12-14)24-20(26)18-5-2-10-27-18/h1-12H,(H,23,25)(H,24,26). The molecule has 0 bridgehead atoms. The van der Waals surface area contributed by atoms with Gasteiger partial charge in [0.15, 0.2) is 5.76 Å². The third-order valence-corrected chi connectivity index (χ3v) is 3.85. The number of anilines is 2. The molecule has 0 radical (unpaired) electrons. The lowest BCUT2D eigenvalue weighted by molar-refractivity contribution is 0.0995. The topological polar surface area (TPSA) is 97.1 Å². The lowest BCUT2D eigenvalue weighted by Gasteiger charge is -2.08. The highest BCUT2D eigenvalue weighted by Crippen LogP contribution is 2.18. The highest BCUT2D eigenvalue weighted by Gasteiger charge is 2.11. The van der Waals surface area contributed by atoms with Gasteiger partial charge in [-0.2, -0.15) is 0 Å². The lowest BCUT2D eigenvalue weighted by atomic mass is 10.1. The van der Waals surface area contributed by atoms with Gasteiger partial charge in [-0.3, -0.25) is 19.6 Å². The molecule has 0 spiro atoms. The van der Waals surface area contributed by atoms with E-state index in [1.165, 1.54) is 6.26 Å². The summed E-state index contributed by atoms with van der Waals surface area (Å²) in [6.45, 7) is 0. The van der Waals surface area contributed by atoms with Crippen molar-refractivity contribution in [3.8, 4) is 0 Å². The molecule has 0 saturated heterocycles. The monoisotopic (exact) mass is 358 g/mol. The van der Waals surface area contributed by atoms with E-state index in [1.807, 2.05) is 0 Å². The Morgan fingerprint density at radius 2 is 1.52 bits per heavy atom. The molecular weight excluding hydrogens is 344 g/mol. The molecule has 2 amide bonds. The summed E-state index contributed by atoms with van der Waals surface area (Å²) in [6, 6.07) is 15.2. The van der Waals surface area contributed by atoms with Gasteiger partial charge in [0, 0.05) is 29.3 Å². The fraction of sp³-hybridized carbons (Fsp3) is 0. The molecule has 0 unspecified atom stereocenters. The molecule has 0 aliphatic rings. The average molecular weight is 358 g/mol. The van der Waals surface area contributed by atoms with E-state index in [1.54, 1.807) is 67.0 Å². The first-order valence-electron chi connectivity index (χ1n) is 8.16. The van der Waals surface area contributed by atoms with Crippen molar-refractivity contribution in [1.29, 1.82) is 0 Å². The third kappa shape index (κ3) is 3.67. The maximum absolute atomic E-state index is 12.5. The predicted octanol–water partition coefficient (Wildman–Crippen LogP) is 3.73. The van der Waals surface area contributed by atoms with Crippen LogP contribution in [0.4, 0.5) is 11.4 Å². The molecule has 0 saturated carbocycles. The van der Waals surface area contributed by atoms with E-state index < -0.39 is 0 Å². The number of benzene rings is 2. The van der Waals surface area contributed by atoms with Gasteiger partial charge in [0.25, 0.3) is 11.8 Å². The Morgan fingerprint density at radius 3 is 2.26 bits per heavy atom. The summed E-state index contributed by atoms with van der Waals surface area (Å²) in [5.41, 5.74) is 2.92. The number of amides is 2. The Kier molecular flexibility index (Phi) is 4.32. The SMILES string of the molecule is O=C(Nc1cccc(NC(=O)c2ccco2)c1)c1ccc2nccnc2c1. The lowest BCUT2D eigenvalue weighted by Crippen LogP contribution is -2.13. The second-order valence-corrected chi connectivity index (χ2v) is 5.73. The van der Waals surface area contributed by atoms with Crippen LogP contribution in [0.2, 0.25) is 0 Å². The molecule has 132 valence electrons. The van der Waals surface area contributed by atoms with Crippen molar-refractivity contribution < 1.29 is 14.0 Å². The van der Waals surface area contributed by atoms with Crippen LogP contribution in [0.15, 0.2) is 77.7 Å². The minimum atomic E-state index is -0.364. The van der Waals surface area contributed by atoms with Crippen molar-refractivity contribution in [2.24, 2.45) is 0 Å². The van der Waals surface area contributed by atoms with Gasteiger partial charge in [0.05, 0.1) is 17.3 Å². The fourth-order valence-corrected chi connectivity index (χ4v) is 2.58. The van der Waals surface area contributed by atoms with E-state index >= 15 is 0 Å². The van der Waals surface area contributed by atoms with E-state index in [2.05, 4.69) is 20.6 Å². The number of furan rings is 1. The van der Waals surface area contributed by atoms with Crippen molar-refractivity contribution in [2.45, 2.75) is 0 Å². The first-order valence-corrected chi connectivity index (χ1v) is 8.16. The van der Waals surface area contributed by atoms with Gasteiger partial charge in [-0.05, 0) is 48.5 Å². The number of rotatable bonds is 4. The number of aromatic nitrogens is 2. The maximum atomic E-state index is 12.5. The summed E-state index contributed by atoms with van der Waals surface area (Å²) in [4.78, 5) is 33.0. The maximum Gasteiger partial charge on any atom is 0.291 e. The number of hydrogen-bond donors (Lipinski definition) is 2. The van der Waals surface area contributed by atoms with Crippen molar-refractivity contribution in [1.82, 2.24) is 9.97 Å². The molecule has 2 heterocycles. The zero-order valence-electron chi connectivity index (χ0n) is 14.0. The second-order valence-electron chi connectivity index (χ2n) is 5.73. The largest absolute Gasteiger partial charge is 0.459 e. The number of fused-ring (bicyclic) bond motifs is 1. The molecule has 2 aromatic carbocycles. The number of nitrogens with one attached hydrogen (secondary N) is 2. The molecule has 0 aliphatic carbocycles. The summed E-state index contributed by atoms with van der Waals surface area (Å²) in [6.07, 6.45) is 4.61. The number of hydrogen-bond acceptors (Lipinski definition) is 5. The van der Waals surface area contributed by atoms with E-state index in [0.717, 1.165) is 5.52 Å². The molecule has 2 aromatic heterocycles. The fourth-order valence-electron chi connectivity index (χ4n) is 2.58. The molecule has 7 nitrogen and oxygen atoms in total. The van der Waals surface area contributed by atoms with Crippen LogP contribution in [-0.4, -0.2) is 21.8 Å². The van der Waals surface area contributed by atoms with E-state index in [4.69, 9.17) is 4.42 Å². The molecule has 27 heavy (non-hydrogen) atoms. The molecule has 0 aliphatic heterocycles. The van der Waals surface area contributed by atoms with Crippen LogP contribution in [-0.2, 0) is 0 Å². The van der Waals surface area contributed by atoms with Crippen molar-refractivity contribution in [3.63, 3.8) is 0 Å².